The van der Waals surface area contributed by atoms with Crippen LogP contribution in [0.2, 0.25) is 0 Å². The van der Waals surface area contributed by atoms with Crippen LogP contribution in [-0.2, 0) is 9.89 Å². The fraction of sp³-hybridized carbons (Fsp3) is 0.444. The van der Waals surface area contributed by atoms with E-state index >= 15 is 0 Å². The van der Waals surface area contributed by atoms with E-state index in [0.717, 1.165) is 14.2 Å². The van der Waals surface area contributed by atoms with Gasteiger partial charge in [-0.15, -0.1) is 8.58 Å². The molecule has 1 aliphatic carbocycles. The van der Waals surface area contributed by atoms with Crippen molar-refractivity contribution in [1.82, 2.24) is 0 Å². The van der Waals surface area contributed by atoms with Crippen LogP contribution in [0.15, 0.2) is 54.1 Å². The molecule has 4 rings (SSSR count). The third kappa shape index (κ3) is 2.00. The Bertz CT molecular complexity index is 562. The van der Waals surface area contributed by atoms with Crippen LogP contribution in [-0.4, -0.2) is 17.9 Å². The van der Waals surface area contributed by atoms with E-state index in [-0.39, 0.29) is 0 Å². The molecule has 0 amide bonds. The molecule has 0 bridgehead atoms. The van der Waals surface area contributed by atoms with E-state index in [1.165, 1.54) is 19.3 Å². The lowest BCUT2D eigenvalue weighted by Gasteiger charge is -2.29. The highest BCUT2D eigenvalue weighted by Crippen LogP contribution is 2.60. The summed E-state index contributed by atoms with van der Waals surface area (Å²) in [5, 5.41) is 0.415. The third-order valence-electron chi connectivity index (χ3n) is 5.09. The SMILES string of the molecule is CC[C@]1(c2ccccc2)CC[C@H](C2=CC=CC3OC23)P1. The molecule has 20 heavy (non-hydrogen) atoms. The van der Waals surface area contributed by atoms with Crippen molar-refractivity contribution in [2.75, 3.05) is 0 Å². The average Bonchev–Trinajstić information content (AvgIpc) is 3.18. The van der Waals surface area contributed by atoms with E-state index < -0.39 is 0 Å². The zero-order chi connectivity index (χ0) is 13.6. The maximum atomic E-state index is 5.76. The normalized spacial score (nSPS) is 39.6. The van der Waals surface area contributed by atoms with Gasteiger partial charge >= 0.3 is 0 Å². The predicted octanol–water partition coefficient (Wildman–Crippen LogP) is 4.40. The summed E-state index contributed by atoms with van der Waals surface area (Å²) >= 11 is 0. The van der Waals surface area contributed by atoms with Gasteiger partial charge in [0.05, 0.1) is 0 Å². The smallest absolute Gasteiger partial charge is 0.110 e. The summed E-state index contributed by atoms with van der Waals surface area (Å²) in [5.41, 5.74) is 3.86. The zero-order valence-corrected chi connectivity index (χ0v) is 12.9. The molecule has 1 aromatic rings. The van der Waals surface area contributed by atoms with Crippen molar-refractivity contribution in [1.29, 1.82) is 0 Å². The van der Waals surface area contributed by atoms with Crippen LogP contribution in [0.1, 0.15) is 31.7 Å². The molecule has 0 saturated carbocycles. The molecule has 3 unspecified atom stereocenters. The molecular weight excluding hydrogens is 263 g/mol. The molecule has 104 valence electrons. The number of rotatable bonds is 3. The minimum atomic E-state index is 0.396. The first-order valence-corrected chi connectivity index (χ1v) is 8.77. The van der Waals surface area contributed by atoms with E-state index in [9.17, 15) is 0 Å². The highest BCUT2D eigenvalue weighted by atomic mass is 31.1. The Hall–Kier alpha value is -0.910. The largest absolute Gasteiger partial charge is 0.360 e. The zero-order valence-electron chi connectivity index (χ0n) is 11.9. The van der Waals surface area contributed by atoms with Crippen molar-refractivity contribution in [3.05, 3.63) is 59.7 Å². The van der Waals surface area contributed by atoms with E-state index in [1.807, 2.05) is 0 Å². The van der Waals surface area contributed by atoms with Crippen LogP contribution < -0.4 is 0 Å². The molecule has 0 aromatic heterocycles. The first-order chi connectivity index (χ1) is 9.82. The molecular formula is C18H21OP. The predicted molar refractivity (Wildman–Crippen MR) is 85.6 cm³/mol. The average molecular weight is 284 g/mol. The molecule has 2 heteroatoms. The van der Waals surface area contributed by atoms with Gasteiger partial charge in [-0.05, 0) is 30.4 Å². The quantitative estimate of drug-likeness (QED) is 0.592. The molecule has 0 radical (unpaired) electrons. The van der Waals surface area contributed by atoms with E-state index in [4.69, 9.17) is 4.74 Å². The Morgan fingerprint density at radius 3 is 2.95 bits per heavy atom. The van der Waals surface area contributed by atoms with Crippen LogP contribution in [0.4, 0.5) is 0 Å². The van der Waals surface area contributed by atoms with Crippen molar-refractivity contribution in [2.24, 2.45) is 0 Å². The first-order valence-electron chi connectivity index (χ1n) is 7.69. The Kier molecular flexibility index (Phi) is 3.09. The molecule has 1 aromatic carbocycles. The fourth-order valence-electron chi connectivity index (χ4n) is 3.81. The molecule has 0 N–H and O–H groups in total. The molecule has 3 aliphatic rings. The lowest BCUT2D eigenvalue weighted by molar-refractivity contribution is 0.405. The molecule has 0 spiro atoms. The first kappa shape index (κ1) is 12.8. The van der Waals surface area contributed by atoms with Gasteiger partial charge in [-0.1, -0.05) is 55.5 Å². The molecule has 2 fully saturated rings. The van der Waals surface area contributed by atoms with E-state index in [2.05, 4.69) is 55.5 Å². The summed E-state index contributed by atoms with van der Waals surface area (Å²) in [6.45, 7) is 2.36. The van der Waals surface area contributed by atoms with Gasteiger partial charge in [-0.3, -0.25) is 0 Å². The van der Waals surface area contributed by atoms with E-state index in [0.29, 0.717) is 17.4 Å². The highest BCUT2D eigenvalue weighted by Gasteiger charge is 2.48. The maximum absolute atomic E-state index is 5.76. The number of hydrogen-bond acceptors (Lipinski definition) is 1. The number of epoxide rings is 1. The summed E-state index contributed by atoms with van der Waals surface area (Å²) in [6.07, 6.45) is 11.4. The Morgan fingerprint density at radius 2 is 2.15 bits per heavy atom. The van der Waals surface area contributed by atoms with Gasteiger partial charge in [0.2, 0.25) is 0 Å². The van der Waals surface area contributed by atoms with Crippen LogP contribution in [0.25, 0.3) is 0 Å². The van der Waals surface area contributed by atoms with Crippen molar-refractivity contribution in [3.63, 3.8) is 0 Å². The number of allylic oxidation sites excluding steroid dienone is 2. The Morgan fingerprint density at radius 1 is 1.30 bits per heavy atom. The number of fused-ring (bicyclic) bond motifs is 1. The van der Waals surface area contributed by atoms with Crippen molar-refractivity contribution in [2.45, 2.75) is 49.2 Å². The van der Waals surface area contributed by atoms with Crippen LogP contribution in [0, 0.1) is 0 Å². The second-order valence-corrected chi connectivity index (χ2v) is 8.05. The monoisotopic (exact) mass is 284 g/mol. The van der Waals surface area contributed by atoms with Crippen molar-refractivity contribution >= 4 is 8.58 Å². The minimum absolute atomic E-state index is 0.396. The summed E-state index contributed by atoms with van der Waals surface area (Å²) in [6, 6.07) is 11.1. The van der Waals surface area contributed by atoms with Gasteiger partial charge in [0, 0.05) is 10.8 Å². The van der Waals surface area contributed by atoms with Crippen molar-refractivity contribution < 1.29 is 4.74 Å². The van der Waals surface area contributed by atoms with Crippen LogP contribution in [0.3, 0.4) is 0 Å². The topological polar surface area (TPSA) is 12.5 Å². The summed E-state index contributed by atoms with van der Waals surface area (Å²) in [5.74, 6) is 0. The summed E-state index contributed by atoms with van der Waals surface area (Å²) in [4.78, 5) is 0. The lowest BCUT2D eigenvalue weighted by Crippen LogP contribution is -2.16. The lowest BCUT2D eigenvalue weighted by atomic mass is 9.89. The van der Waals surface area contributed by atoms with Gasteiger partial charge in [-0.25, -0.2) is 0 Å². The maximum Gasteiger partial charge on any atom is 0.110 e. The molecule has 5 atom stereocenters. The summed E-state index contributed by atoms with van der Waals surface area (Å²) in [7, 11) is 1.000. The van der Waals surface area contributed by atoms with Gasteiger partial charge in [0.1, 0.15) is 12.2 Å². The minimum Gasteiger partial charge on any atom is -0.360 e. The van der Waals surface area contributed by atoms with Gasteiger partial charge < -0.3 is 4.74 Å². The number of hydrogen-bond donors (Lipinski definition) is 0. The summed E-state index contributed by atoms with van der Waals surface area (Å²) < 4.78 is 5.76. The van der Waals surface area contributed by atoms with Crippen molar-refractivity contribution in [3.8, 4) is 0 Å². The standard InChI is InChI=1S/C18H21OP/c1-2-18(13-7-4-3-5-8-13)12-11-16(20-18)14-9-6-10-15-17(14)19-15/h3-10,15-17,20H,2,11-12H2,1H3/t15?,16-,17?,18-/m1/s1. The highest BCUT2D eigenvalue weighted by molar-refractivity contribution is 7.41. The van der Waals surface area contributed by atoms with E-state index in [1.54, 1.807) is 11.1 Å². The number of ether oxygens (including phenoxy) is 1. The van der Waals surface area contributed by atoms with Crippen LogP contribution >= 0.6 is 8.58 Å². The molecule has 2 saturated heterocycles. The van der Waals surface area contributed by atoms with Gasteiger partial charge in [-0.2, -0.15) is 0 Å². The Balaban J connectivity index is 1.60. The molecule has 1 nitrogen and oxygen atoms in total. The second-order valence-electron chi connectivity index (χ2n) is 6.11. The van der Waals surface area contributed by atoms with Gasteiger partial charge in [0.15, 0.2) is 0 Å². The second kappa shape index (κ2) is 4.83. The third-order valence-corrected chi connectivity index (χ3v) is 7.50. The molecule has 2 heterocycles. The molecule has 2 aliphatic heterocycles. The Labute approximate surface area is 122 Å². The van der Waals surface area contributed by atoms with Crippen LogP contribution in [0.5, 0.6) is 0 Å². The fourth-order valence-corrected chi connectivity index (χ4v) is 6.02. The number of benzene rings is 1. The van der Waals surface area contributed by atoms with Gasteiger partial charge in [0.25, 0.3) is 0 Å².